The number of hydrogen-bond acceptors (Lipinski definition) is 6. The van der Waals surface area contributed by atoms with Crippen LogP contribution in [0, 0.1) is 0 Å². The van der Waals surface area contributed by atoms with Crippen LogP contribution in [0.3, 0.4) is 0 Å². The number of allylic oxidation sites excluding steroid dienone is 24. The van der Waals surface area contributed by atoms with E-state index in [0.29, 0.717) is 19.3 Å². The van der Waals surface area contributed by atoms with Crippen molar-refractivity contribution in [1.82, 2.24) is 0 Å². The molecule has 0 amide bonds. The Labute approximate surface area is 436 Å². The second-order valence-electron chi connectivity index (χ2n) is 18.1. The number of esters is 3. The fourth-order valence-electron chi connectivity index (χ4n) is 7.10. The molecule has 6 heteroatoms. The average molecular weight is 980 g/mol. The molecule has 0 heterocycles. The molecule has 71 heavy (non-hydrogen) atoms. The van der Waals surface area contributed by atoms with Crippen LogP contribution in [0.4, 0.5) is 0 Å². The summed E-state index contributed by atoms with van der Waals surface area (Å²) in [6.07, 6.45) is 82.6. The third-order valence-corrected chi connectivity index (χ3v) is 11.3. The van der Waals surface area contributed by atoms with Crippen molar-refractivity contribution < 1.29 is 28.6 Å². The number of rotatable bonds is 49. The Hall–Kier alpha value is -4.71. The van der Waals surface area contributed by atoms with Crippen molar-refractivity contribution in [3.8, 4) is 0 Å². The molecule has 1 unspecified atom stereocenters. The first-order valence-electron chi connectivity index (χ1n) is 28.3. The lowest BCUT2D eigenvalue weighted by molar-refractivity contribution is -0.167. The monoisotopic (exact) mass is 979 g/mol. The molecule has 6 nitrogen and oxygen atoms in total. The lowest BCUT2D eigenvalue weighted by atomic mass is 10.1. The molecule has 0 fully saturated rings. The van der Waals surface area contributed by atoms with E-state index in [1.54, 1.807) is 0 Å². The van der Waals surface area contributed by atoms with Gasteiger partial charge in [-0.1, -0.05) is 218 Å². The van der Waals surface area contributed by atoms with E-state index in [9.17, 15) is 14.4 Å². The van der Waals surface area contributed by atoms with Gasteiger partial charge in [0.25, 0.3) is 0 Å². The minimum absolute atomic E-state index is 0.110. The smallest absolute Gasteiger partial charge is 0.306 e. The molecule has 0 aromatic carbocycles. The van der Waals surface area contributed by atoms with E-state index < -0.39 is 6.10 Å². The average Bonchev–Trinajstić information content (AvgIpc) is 3.37. The summed E-state index contributed by atoms with van der Waals surface area (Å²) >= 11 is 0. The number of hydrogen-bond donors (Lipinski definition) is 0. The maximum atomic E-state index is 12.8. The van der Waals surface area contributed by atoms with Crippen LogP contribution in [0.1, 0.15) is 226 Å². The molecular formula is C65H102O6. The van der Waals surface area contributed by atoms with Gasteiger partial charge < -0.3 is 14.2 Å². The standard InChI is InChI=1S/C65H102O6/c1-4-7-10-13-16-19-22-24-26-28-30-31-32-33-35-36-38-40-43-46-49-52-55-58-64(67)70-61-62(60-69-63(66)57-54-51-48-45-42-21-18-15-12-9-6-3)71-65(68)59-56-53-50-47-44-41-39-37-34-29-27-25-23-20-17-14-11-8-5-2/h7-8,10-11,15-20,24-27,30-31,33-35,37-38,40-41,44,62H,4-6,9,12-14,21-23,28-29,32,36,39,42-43,45-61H2,1-3H3/b10-7-,11-8-,18-15-,19-16-,20-17-,26-24-,27-25-,31-30-,35-33-,37-34-,40-38-,44-41-. The summed E-state index contributed by atoms with van der Waals surface area (Å²) in [6.45, 7) is 6.30. The minimum Gasteiger partial charge on any atom is -0.462 e. The zero-order valence-electron chi connectivity index (χ0n) is 45.4. The zero-order chi connectivity index (χ0) is 51.4. The quantitative estimate of drug-likeness (QED) is 0.0262. The van der Waals surface area contributed by atoms with Crippen molar-refractivity contribution in [2.75, 3.05) is 13.2 Å². The largest absolute Gasteiger partial charge is 0.462 e. The van der Waals surface area contributed by atoms with Gasteiger partial charge in [-0.3, -0.25) is 14.4 Å². The Morgan fingerprint density at radius 3 is 0.887 bits per heavy atom. The zero-order valence-corrected chi connectivity index (χ0v) is 45.4. The van der Waals surface area contributed by atoms with Crippen molar-refractivity contribution in [3.63, 3.8) is 0 Å². The Morgan fingerprint density at radius 2 is 0.549 bits per heavy atom. The first kappa shape index (κ1) is 66.3. The molecule has 0 bridgehead atoms. The molecule has 0 rings (SSSR count). The highest BCUT2D eigenvalue weighted by Crippen LogP contribution is 2.12. The Kier molecular flexibility index (Phi) is 54.0. The van der Waals surface area contributed by atoms with E-state index in [0.717, 1.165) is 154 Å². The molecule has 0 saturated heterocycles. The number of ether oxygens (including phenoxy) is 3. The van der Waals surface area contributed by atoms with Crippen LogP contribution < -0.4 is 0 Å². The molecule has 1 atom stereocenters. The van der Waals surface area contributed by atoms with Crippen molar-refractivity contribution >= 4 is 17.9 Å². The van der Waals surface area contributed by atoms with Crippen LogP contribution in [0.15, 0.2) is 146 Å². The summed E-state index contributed by atoms with van der Waals surface area (Å²) in [5.74, 6) is -0.986. The van der Waals surface area contributed by atoms with Crippen LogP contribution in [-0.2, 0) is 28.6 Å². The molecule has 0 saturated carbocycles. The predicted octanol–water partition coefficient (Wildman–Crippen LogP) is 19.2. The highest BCUT2D eigenvalue weighted by Gasteiger charge is 2.19. The topological polar surface area (TPSA) is 78.9 Å². The Bertz CT molecular complexity index is 1590. The molecular weight excluding hydrogens is 877 g/mol. The van der Waals surface area contributed by atoms with Gasteiger partial charge in [-0.05, 0) is 135 Å². The third-order valence-electron chi connectivity index (χ3n) is 11.3. The van der Waals surface area contributed by atoms with Gasteiger partial charge in [0.1, 0.15) is 13.2 Å². The molecule has 0 N–H and O–H groups in total. The third kappa shape index (κ3) is 56.1. The maximum Gasteiger partial charge on any atom is 0.306 e. The van der Waals surface area contributed by atoms with Crippen molar-refractivity contribution in [3.05, 3.63) is 146 Å². The van der Waals surface area contributed by atoms with Crippen molar-refractivity contribution in [1.29, 1.82) is 0 Å². The van der Waals surface area contributed by atoms with E-state index in [1.807, 2.05) is 0 Å². The van der Waals surface area contributed by atoms with E-state index in [2.05, 4.69) is 167 Å². The Balaban J connectivity index is 4.49. The van der Waals surface area contributed by atoms with Crippen molar-refractivity contribution in [2.45, 2.75) is 232 Å². The van der Waals surface area contributed by atoms with E-state index in [4.69, 9.17) is 14.2 Å². The van der Waals surface area contributed by atoms with E-state index >= 15 is 0 Å². The number of carbonyl (C=O) groups excluding carboxylic acids is 3. The van der Waals surface area contributed by atoms with Crippen LogP contribution in [-0.4, -0.2) is 37.2 Å². The Morgan fingerprint density at radius 1 is 0.296 bits per heavy atom. The van der Waals surface area contributed by atoms with Crippen LogP contribution in [0.25, 0.3) is 0 Å². The number of unbranched alkanes of at least 4 members (excludes halogenated alkanes) is 14. The minimum atomic E-state index is -0.816. The lowest BCUT2D eigenvalue weighted by Gasteiger charge is -2.18. The molecule has 0 aliphatic heterocycles. The fourth-order valence-corrected chi connectivity index (χ4v) is 7.10. The van der Waals surface area contributed by atoms with Crippen LogP contribution in [0.5, 0.6) is 0 Å². The highest BCUT2D eigenvalue weighted by atomic mass is 16.6. The maximum absolute atomic E-state index is 12.8. The first-order valence-corrected chi connectivity index (χ1v) is 28.3. The van der Waals surface area contributed by atoms with Crippen LogP contribution >= 0.6 is 0 Å². The highest BCUT2D eigenvalue weighted by molar-refractivity contribution is 5.71. The molecule has 0 aromatic rings. The van der Waals surface area contributed by atoms with Gasteiger partial charge in [0.15, 0.2) is 6.10 Å². The van der Waals surface area contributed by atoms with Gasteiger partial charge in [0, 0.05) is 19.3 Å². The summed E-state index contributed by atoms with van der Waals surface area (Å²) in [5, 5.41) is 0. The SMILES string of the molecule is CC/C=C\C/C=C\C/C=C\C/C=C\C/C=C\C/C=C\CCCCCCC(=O)OCC(COC(=O)CCCCCCC/C=C\CCCC)OC(=O)CCCCC/C=C\C/C=C\C/C=C\C/C=C\C/C=C\CC. The van der Waals surface area contributed by atoms with Gasteiger partial charge in [-0.15, -0.1) is 0 Å². The molecule has 0 aliphatic rings. The molecule has 398 valence electrons. The molecule has 0 aromatic heterocycles. The summed E-state index contributed by atoms with van der Waals surface area (Å²) in [7, 11) is 0. The van der Waals surface area contributed by atoms with Gasteiger partial charge in [0.05, 0.1) is 0 Å². The predicted molar refractivity (Wildman–Crippen MR) is 306 cm³/mol. The molecule has 0 spiro atoms. The lowest BCUT2D eigenvalue weighted by Crippen LogP contribution is -2.30. The van der Waals surface area contributed by atoms with Crippen molar-refractivity contribution in [2.24, 2.45) is 0 Å². The van der Waals surface area contributed by atoms with Gasteiger partial charge >= 0.3 is 17.9 Å². The van der Waals surface area contributed by atoms with Gasteiger partial charge in [-0.2, -0.15) is 0 Å². The number of carbonyl (C=O) groups is 3. The fraction of sp³-hybridized carbons (Fsp3) is 0.585. The summed E-state index contributed by atoms with van der Waals surface area (Å²) in [5.41, 5.74) is 0. The van der Waals surface area contributed by atoms with Crippen LogP contribution in [0.2, 0.25) is 0 Å². The first-order chi connectivity index (χ1) is 35.0. The van der Waals surface area contributed by atoms with Gasteiger partial charge in [-0.25, -0.2) is 0 Å². The van der Waals surface area contributed by atoms with Gasteiger partial charge in [0.2, 0.25) is 0 Å². The second kappa shape index (κ2) is 57.9. The summed E-state index contributed by atoms with van der Waals surface area (Å²) in [6, 6.07) is 0. The second-order valence-corrected chi connectivity index (χ2v) is 18.1. The van der Waals surface area contributed by atoms with E-state index in [1.165, 1.54) is 25.7 Å². The normalized spacial score (nSPS) is 13.2. The summed E-state index contributed by atoms with van der Waals surface area (Å²) < 4.78 is 16.8. The molecule has 0 aliphatic carbocycles. The summed E-state index contributed by atoms with van der Waals surface area (Å²) in [4.78, 5) is 38.1. The van der Waals surface area contributed by atoms with E-state index in [-0.39, 0.29) is 37.5 Å². The molecule has 0 radical (unpaired) electrons.